The van der Waals surface area contributed by atoms with Crippen molar-refractivity contribution in [2.75, 3.05) is 11.9 Å². The standard InChI is InChI=1S/C22H25N5O4/c1-22(2,29)31-17-11-15(9-14(17)12-28)24-21-23-8-7-19-25-20(26-27(19)21)18-10-13-5-3-4-6-16(13)30-18/h3-8,10,14-15,17,28-29H,9,11-12H2,1-2H3,(H,23,24)/t14-,15-,17?/m1/s1. The molecule has 3 heterocycles. The molecule has 3 aromatic heterocycles. The van der Waals surface area contributed by atoms with Gasteiger partial charge >= 0.3 is 0 Å². The van der Waals surface area contributed by atoms with E-state index < -0.39 is 5.79 Å². The minimum absolute atomic E-state index is 0.00389. The fourth-order valence-electron chi connectivity index (χ4n) is 4.21. The van der Waals surface area contributed by atoms with Crippen LogP contribution in [0.1, 0.15) is 26.7 Å². The minimum Gasteiger partial charge on any atom is -0.453 e. The molecule has 1 unspecified atom stereocenters. The van der Waals surface area contributed by atoms with Gasteiger partial charge < -0.3 is 24.7 Å². The van der Waals surface area contributed by atoms with Gasteiger partial charge in [-0.05, 0) is 38.8 Å². The molecule has 9 heteroatoms. The molecule has 0 bridgehead atoms. The molecule has 9 nitrogen and oxygen atoms in total. The van der Waals surface area contributed by atoms with E-state index in [4.69, 9.17) is 9.15 Å². The maximum absolute atomic E-state index is 10.0. The molecular weight excluding hydrogens is 398 g/mol. The summed E-state index contributed by atoms with van der Waals surface area (Å²) in [5, 5.41) is 28.7. The Morgan fingerprint density at radius 1 is 1.26 bits per heavy atom. The van der Waals surface area contributed by atoms with Crippen LogP contribution in [0.3, 0.4) is 0 Å². The number of hydrogen-bond donors (Lipinski definition) is 3. The molecule has 1 aromatic carbocycles. The van der Waals surface area contributed by atoms with E-state index >= 15 is 0 Å². The number of aliphatic hydroxyl groups is 2. The summed E-state index contributed by atoms with van der Waals surface area (Å²) in [5.41, 5.74) is 1.43. The predicted molar refractivity (Wildman–Crippen MR) is 114 cm³/mol. The fourth-order valence-corrected chi connectivity index (χ4v) is 4.21. The Bertz CT molecular complexity index is 1180. The number of hydrogen-bond acceptors (Lipinski definition) is 8. The van der Waals surface area contributed by atoms with Crippen LogP contribution >= 0.6 is 0 Å². The lowest BCUT2D eigenvalue weighted by atomic mass is 10.1. The van der Waals surface area contributed by atoms with Crippen LogP contribution in [0.5, 0.6) is 0 Å². The number of fused-ring (bicyclic) bond motifs is 2. The third kappa shape index (κ3) is 3.99. The first-order chi connectivity index (χ1) is 14.9. The Kier molecular flexibility index (Phi) is 4.88. The summed E-state index contributed by atoms with van der Waals surface area (Å²) in [6.07, 6.45) is 2.76. The number of rotatable bonds is 6. The Morgan fingerprint density at radius 3 is 2.87 bits per heavy atom. The van der Waals surface area contributed by atoms with Crippen LogP contribution in [-0.2, 0) is 4.74 Å². The SMILES string of the molecule is CC(C)(O)OC1C[C@H](Nc2nccc3nc(-c4cc5ccccc5o4)nn23)C[C@@H]1CO. The van der Waals surface area contributed by atoms with E-state index in [1.54, 1.807) is 30.6 Å². The quantitative estimate of drug-likeness (QED) is 0.405. The molecular formula is C22H25N5O4. The lowest BCUT2D eigenvalue weighted by Gasteiger charge is -2.26. The molecule has 1 aliphatic carbocycles. The second kappa shape index (κ2) is 7.60. The summed E-state index contributed by atoms with van der Waals surface area (Å²) in [6, 6.07) is 11.5. The van der Waals surface area contributed by atoms with Gasteiger partial charge in [0, 0.05) is 36.2 Å². The zero-order valence-electron chi connectivity index (χ0n) is 17.4. The van der Waals surface area contributed by atoms with Crippen molar-refractivity contribution >= 4 is 22.6 Å². The van der Waals surface area contributed by atoms with Crippen LogP contribution in [0.4, 0.5) is 5.95 Å². The molecule has 5 rings (SSSR count). The van der Waals surface area contributed by atoms with Crippen molar-refractivity contribution in [2.24, 2.45) is 5.92 Å². The first-order valence-corrected chi connectivity index (χ1v) is 10.4. The monoisotopic (exact) mass is 423 g/mol. The van der Waals surface area contributed by atoms with Gasteiger partial charge in [-0.2, -0.15) is 4.52 Å². The topological polar surface area (TPSA) is 118 Å². The summed E-state index contributed by atoms with van der Waals surface area (Å²) in [5.74, 6) is 0.312. The molecule has 4 aromatic rings. The first kappa shape index (κ1) is 19.9. The van der Waals surface area contributed by atoms with Gasteiger partial charge in [-0.15, -0.1) is 5.10 Å². The maximum Gasteiger partial charge on any atom is 0.226 e. The number of anilines is 1. The highest BCUT2D eigenvalue weighted by Crippen LogP contribution is 2.33. The Labute approximate surface area is 178 Å². The summed E-state index contributed by atoms with van der Waals surface area (Å²) in [6.45, 7) is 3.19. The molecule has 1 saturated carbocycles. The molecule has 0 spiro atoms. The van der Waals surface area contributed by atoms with Crippen molar-refractivity contribution in [1.82, 2.24) is 19.6 Å². The van der Waals surface area contributed by atoms with Crippen LogP contribution in [0.15, 0.2) is 47.0 Å². The largest absolute Gasteiger partial charge is 0.453 e. The number of ether oxygens (including phenoxy) is 1. The fraction of sp³-hybridized carbons (Fsp3) is 0.409. The van der Waals surface area contributed by atoms with Gasteiger partial charge in [0.1, 0.15) is 5.58 Å². The van der Waals surface area contributed by atoms with Crippen LogP contribution in [0.25, 0.3) is 28.2 Å². The zero-order chi connectivity index (χ0) is 21.6. The van der Waals surface area contributed by atoms with Crippen molar-refractivity contribution in [3.05, 3.63) is 42.6 Å². The number of aromatic nitrogens is 4. The molecule has 0 aliphatic heterocycles. The van der Waals surface area contributed by atoms with E-state index in [0.29, 0.717) is 36.0 Å². The smallest absolute Gasteiger partial charge is 0.226 e. The highest BCUT2D eigenvalue weighted by molar-refractivity contribution is 5.81. The molecule has 162 valence electrons. The van der Waals surface area contributed by atoms with Gasteiger partial charge in [-0.3, -0.25) is 0 Å². The van der Waals surface area contributed by atoms with Crippen LogP contribution < -0.4 is 5.32 Å². The van der Waals surface area contributed by atoms with Crippen molar-refractivity contribution in [1.29, 1.82) is 0 Å². The van der Waals surface area contributed by atoms with Crippen molar-refractivity contribution in [3.8, 4) is 11.6 Å². The molecule has 1 fully saturated rings. The summed E-state index contributed by atoms with van der Waals surface area (Å²) in [4.78, 5) is 9.03. The van der Waals surface area contributed by atoms with E-state index in [1.807, 2.05) is 30.3 Å². The van der Waals surface area contributed by atoms with E-state index in [-0.39, 0.29) is 24.7 Å². The van der Waals surface area contributed by atoms with E-state index in [0.717, 1.165) is 11.0 Å². The first-order valence-electron chi connectivity index (χ1n) is 10.4. The normalized spacial score (nSPS) is 21.9. The zero-order valence-corrected chi connectivity index (χ0v) is 17.4. The molecule has 3 atom stereocenters. The maximum atomic E-state index is 10.0. The third-order valence-corrected chi connectivity index (χ3v) is 5.54. The average molecular weight is 423 g/mol. The van der Waals surface area contributed by atoms with E-state index in [1.165, 1.54) is 0 Å². The van der Waals surface area contributed by atoms with Crippen LogP contribution in [0, 0.1) is 5.92 Å². The number of nitrogens with zero attached hydrogens (tertiary/aromatic N) is 4. The van der Waals surface area contributed by atoms with Gasteiger partial charge in [0.2, 0.25) is 11.8 Å². The van der Waals surface area contributed by atoms with Gasteiger partial charge in [-0.1, -0.05) is 18.2 Å². The Balaban J connectivity index is 1.41. The van der Waals surface area contributed by atoms with Gasteiger partial charge in [0.05, 0.1) is 6.10 Å². The Morgan fingerprint density at radius 2 is 2.10 bits per heavy atom. The minimum atomic E-state index is -1.25. The number of nitrogens with one attached hydrogen (secondary N) is 1. The average Bonchev–Trinajstić information content (AvgIpc) is 3.42. The molecule has 0 amide bonds. The van der Waals surface area contributed by atoms with E-state index in [2.05, 4.69) is 20.4 Å². The molecule has 3 N–H and O–H groups in total. The predicted octanol–water partition coefficient (Wildman–Crippen LogP) is 2.83. The van der Waals surface area contributed by atoms with Crippen LogP contribution in [0.2, 0.25) is 0 Å². The van der Waals surface area contributed by atoms with Crippen molar-refractivity contribution in [2.45, 2.75) is 44.6 Å². The van der Waals surface area contributed by atoms with Gasteiger partial charge in [0.15, 0.2) is 17.2 Å². The van der Waals surface area contributed by atoms with Gasteiger partial charge in [0.25, 0.3) is 0 Å². The second-order valence-corrected chi connectivity index (χ2v) is 8.48. The summed E-state index contributed by atoms with van der Waals surface area (Å²) in [7, 11) is 0. The van der Waals surface area contributed by atoms with E-state index in [9.17, 15) is 10.2 Å². The highest BCUT2D eigenvalue weighted by Gasteiger charge is 2.38. The lowest BCUT2D eigenvalue weighted by Crippen LogP contribution is -2.33. The Hall–Kier alpha value is -3.01. The second-order valence-electron chi connectivity index (χ2n) is 8.48. The number of furan rings is 1. The lowest BCUT2D eigenvalue weighted by molar-refractivity contribution is -0.214. The number of benzene rings is 1. The highest BCUT2D eigenvalue weighted by atomic mass is 16.6. The molecule has 0 saturated heterocycles. The van der Waals surface area contributed by atoms with Crippen molar-refractivity contribution < 1.29 is 19.4 Å². The summed E-state index contributed by atoms with van der Waals surface area (Å²) >= 11 is 0. The third-order valence-electron chi connectivity index (χ3n) is 5.54. The summed E-state index contributed by atoms with van der Waals surface area (Å²) < 4.78 is 13.3. The molecule has 31 heavy (non-hydrogen) atoms. The number of para-hydroxylation sites is 1. The molecule has 1 aliphatic rings. The van der Waals surface area contributed by atoms with Crippen molar-refractivity contribution in [3.63, 3.8) is 0 Å². The number of aliphatic hydroxyl groups excluding tert-OH is 1. The molecule has 0 radical (unpaired) electrons. The van der Waals surface area contributed by atoms with Gasteiger partial charge in [-0.25, -0.2) is 9.97 Å². The van der Waals surface area contributed by atoms with Crippen LogP contribution in [-0.4, -0.2) is 54.3 Å².